The normalized spacial score (nSPS) is 20.4. The monoisotopic (exact) mass is 774 g/mol. The van der Waals surface area contributed by atoms with Crippen LogP contribution in [0, 0.1) is 0 Å². The van der Waals surface area contributed by atoms with Crippen molar-refractivity contribution in [1.82, 2.24) is 0 Å². The molecule has 2 aliphatic carbocycles. The minimum Gasteiger partial charge on any atom is -0.0683 e. The van der Waals surface area contributed by atoms with Gasteiger partial charge in [0.05, 0.1) is 3.42 Å². The Hall–Kier alpha value is -0.650. The summed E-state index contributed by atoms with van der Waals surface area (Å²) < 4.78 is 2.42. The van der Waals surface area contributed by atoms with E-state index in [1.807, 2.05) is 0 Å². The van der Waals surface area contributed by atoms with E-state index >= 15 is 0 Å². The SMILES string of the molecule is CCCCCCCCC1(C)c2cc(Br)ccc2-c2cc3c(cc21)-c1ccc(Br)cc1C3(I)CCCCCCCC. The van der Waals surface area contributed by atoms with Crippen LogP contribution in [0.15, 0.2) is 57.5 Å². The van der Waals surface area contributed by atoms with Gasteiger partial charge in [-0.15, -0.1) is 0 Å². The second kappa shape index (κ2) is 13.3. The molecule has 0 amide bonds. The molecule has 2 atom stereocenters. The molecule has 0 fully saturated rings. The number of fused-ring (bicyclic) bond motifs is 6. The van der Waals surface area contributed by atoms with Crippen LogP contribution in [0.5, 0.6) is 0 Å². The van der Waals surface area contributed by atoms with Gasteiger partial charge in [0.25, 0.3) is 0 Å². The molecule has 0 aliphatic heterocycles. The molecule has 3 aromatic rings. The van der Waals surface area contributed by atoms with Crippen molar-refractivity contribution in [3.63, 3.8) is 0 Å². The molecule has 3 heteroatoms. The molecule has 5 rings (SSSR count). The molecular formula is C37H45Br2I. The highest BCUT2D eigenvalue weighted by atomic mass is 127. The Morgan fingerprint density at radius 3 is 1.57 bits per heavy atom. The van der Waals surface area contributed by atoms with Crippen LogP contribution in [-0.2, 0) is 8.84 Å². The van der Waals surface area contributed by atoms with Gasteiger partial charge < -0.3 is 0 Å². The Kier molecular flexibility index (Phi) is 10.3. The van der Waals surface area contributed by atoms with Crippen molar-refractivity contribution in [2.45, 2.75) is 119 Å². The predicted octanol–water partition coefficient (Wildman–Crippen LogP) is 13.7. The van der Waals surface area contributed by atoms with Crippen molar-refractivity contribution in [1.29, 1.82) is 0 Å². The summed E-state index contributed by atoms with van der Waals surface area (Å²) in [6.07, 6.45) is 18.5. The van der Waals surface area contributed by atoms with Gasteiger partial charge >= 0.3 is 0 Å². The topological polar surface area (TPSA) is 0 Å². The Bertz CT molecular complexity index is 1240. The van der Waals surface area contributed by atoms with E-state index in [0.717, 1.165) is 0 Å². The van der Waals surface area contributed by atoms with Gasteiger partial charge in [0.1, 0.15) is 0 Å². The van der Waals surface area contributed by atoms with Gasteiger partial charge in [-0.1, -0.05) is 164 Å². The third-order valence-electron chi connectivity index (χ3n) is 9.65. The van der Waals surface area contributed by atoms with Crippen LogP contribution in [0.25, 0.3) is 22.3 Å². The quantitative estimate of drug-likeness (QED) is 0.0869. The fourth-order valence-electron chi connectivity index (χ4n) is 7.35. The second-order valence-corrected chi connectivity index (χ2v) is 16.2. The van der Waals surface area contributed by atoms with E-state index < -0.39 is 0 Å². The average Bonchev–Trinajstić information content (AvgIpc) is 3.32. The van der Waals surface area contributed by atoms with Crippen LogP contribution < -0.4 is 0 Å². The molecule has 214 valence electrons. The molecule has 2 aliphatic rings. The lowest BCUT2D eigenvalue weighted by molar-refractivity contribution is 0.480. The second-order valence-electron chi connectivity index (χ2n) is 12.5. The molecule has 0 bridgehead atoms. The summed E-state index contributed by atoms with van der Waals surface area (Å²) in [5.74, 6) is 0. The fourth-order valence-corrected chi connectivity index (χ4v) is 9.35. The molecular weight excluding hydrogens is 731 g/mol. The lowest BCUT2D eigenvalue weighted by atomic mass is 9.75. The molecule has 40 heavy (non-hydrogen) atoms. The van der Waals surface area contributed by atoms with Gasteiger partial charge in [-0.25, -0.2) is 0 Å². The van der Waals surface area contributed by atoms with Gasteiger partial charge in [0.15, 0.2) is 0 Å². The van der Waals surface area contributed by atoms with E-state index in [1.165, 1.54) is 138 Å². The summed E-state index contributed by atoms with van der Waals surface area (Å²) in [5.41, 5.74) is 12.0. The zero-order chi connectivity index (χ0) is 28.3. The number of benzene rings is 3. The Balaban J connectivity index is 1.52. The molecule has 0 nitrogen and oxygen atoms in total. The van der Waals surface area contributed by atoms with Gasteiger partial charge in [0.2, 0.25) is 0 Å². The highest BCUT2D eigenvalue weighted by Crippen LogP contribution is 2.61. The summed E-state index contributed by atoms with van der Waals surface area (Å²) in [6, 6.07) is 19.3. The molecule has 3 aromatic carbocycles. The molecule has 0 spiro atoms. The predicted molar refractivity (Wildman–Crippen MR) is 190 cm³/mol. The summed E-state index contributed by atoms with van der Waals surface area (Å²) in [4.78, 5) is 0. The van der Waals surface area contributed by atoms with Crippen LogP contribution in [0.1, 0.15) is 133 Å². The maximum absolute atomic E-state index is 3.82. The highest BCUT2D eigenvalue weighted by Gasteiger charge is 2.45. The average molecular weight is 776 g/mol. The van der Waals surface area contributed by atoms with E-state index in [2.05, 4.69) is 124 Å². The summed E-state index contributed by atoms with van der Waals surface area (Å²) in [7, 11) is 0. The first-order valence-corrected chi connectivity index (χ1v) is 18.5. The Morgan fingerprint density at radius 1 is 0.525 bits per heavy atom. The number of unbranched alkanes of at least 4 members (excludes halogenated alkanes) is 10. The standard InChI is InChI=1S/C37H45Br2I/c1-4-6-8-10-12-14-20-36(3)32-22-26(38)16-18-28(32)30-25-35-31(24-33(30)36)29-19-17-27(39)23-34(29)37(35,40)21-15-13-11-9-7-5-2/h16-19,22-25H,4-15,20-21H2,1-3H3. The zero-order valence-corrected chi connectivity index (χ0v) is 30.0. The van der Waals surface area contributed by atoms with E-state index in [-0.39, 0.29) is 8.84 Å². The minimum atomic E-state index is 0.0276. The van der Waals surface area contributed by atoms with Gasteiger partial charge in [-0.05, 0) is 93.7 Å². The van der Waals surface area contributed by atoms with E-state index in [4.69, 9.17) is 0 Å². The maximum atomic E-state index is 3.82. The third kappa shape index (κ3) is 5.91. The number of hydrogen-bond donors (Lipinski definition) is 0. The highest BCUT2D eigenvalue weighted by molar-refractivity contribution is 14.1. The number of hydrogen-bond acceptors (Lipinski definition) is 0. The number of rotatable bonds is 14. The van der Waals surface area contributed by atoms with Crippen LogP contribution >= 0.6 is 54.5 Å². The van der Waals surface area contributed by atoms with Crippen molar-refractivity contribution in [2.24, 2.45) is 0 Å². The molecule has 0 saturated carbocycles. The van der Waals surface area contributed by atoms with Crippen LogP contribution in [-0.4, -0.2) is 0 Å². The Labute approximate surface area is 273 Å². The molecule has 0 saturated heterocycles. The lowest BCUT2D eigenvalue weighted by Crippen LogP contribution is -2.21. The molecule has 0 radical (unpaired) electrons. The van der Waals surface area contributed by atoms with Crippen LogP contribution in [0.4, 0.5) is 0 Å². The van der Waals surface area contributed by atoms with Gasteiger partial charge in [-0.2, -0.15) is 0 Å². The largest absolute Gasteiger partial charge is 0.0731 e. The fraction of sp³-hybridized carbons (Fsp3) is 0.514. The van der Waals surface area contributed by atoms with Crippen molar-refractivity contribution < 1.29 is 0 Å². The molecule has 0 aromatic heterocycles. The van der Waals surface area contributed by atoms with E-state index in [1.54, 1.807) is 5.56 Å². The zero-order valence-electron chi connectivity index (χ0n) is 24.7. The van der Waals surface area contributed by atoms with Gasteiger partial charge in [0, 0.05) is 14.4 Å². The van der Waals surface area contributed by atoms with Gasteiger partial charge in [-0.3, -0.25) is 0 Å². The first kappa shape index (κ1) is 30.8. The number of alkyl halides is 1. The van der Waals surface area contributed by atoms with E-state index in [9.17, 15) is 0 Å². The van der Waals surface area contributed by atoms with Crippen LogP contribution in [0.2, 0.25) is 0 Å². The number of halogens is 3. The Morgan fingerprint density at radius 2 is 0.950 bits per heavy atom. The molecule has 2 unspecified atom stereocenters. The van der Waals surface area contributed by atoms with Crippen molar-refractivity contribution in [2.75, 3.05) is 0 Å². The van der Waals surface area contributed by atoms with E-state index in [0.29, 0.717) is 0 Å². The van der Waals surface area contributed by atoms with Crippen LogP contribution in [0.3, 0.4) is 0 Å². The summed E-state index contributed by atoms with van der Waals surface area (Å²) >= 11 is 10.5. The third-order valence-corrected chi connectivity index (χ3v) is 12.3. The van der Waals surface area contributed by atoms with Crippen molar-refractivity contribution >= 4 is 54.5 Å². The first-order chi connectivity index (χ1) is 19.3. The molecule has 0 N–H and O–H groups in total. The van der Waals surface area contributed by atoms with Crippen molar-refractivity contribution in [3.8, 4) is 22.3 Å². The summed E-state index contributed by atoms with van der Waals surface area (Å²) in [6.45, 7) is 7.13. The summed E-state index contributed by atoms with van der Waals surface area (Å²) in [5, 5.41) is 0. The minimum absolute atomic E-state index is 0.0276. The maximum Gasteiger partial charge on any atom is 0.0731 e. The van der Waals surface area contributed by atoms with Crippen molar-refractivity contribution in [3.05, 3.63) is 79.7 Å². The lowest BCUT2D eigenvalue weighted by Gasteiger charge is -2.29. The first-order valence-electron chi connectivity index (χ1n) is 15.8. The smallest absolute Gasteiger partial charge is 0.0683 e. The molecule has 0 heterocycles.